The van der Waals surface area contributed by atoms with Crippen molar-refractivity contribution in [2.24, 2.45) is 0 Å². The van der Waals surface area contributed by atoms with Gasteiger partial charge in [-0.05, 0) is 29.8 Å². The van der Waals surface area contributed by atoms with Crippen LogP contribution in [0.4, 0.5) is 6.01 Å². The molecule has 9 heteroatoms. The van der Waals surface area contributed by atoms with Gasteiger partial charge in [-0.15, -0.1) is 16.9 Å². The number of carbonyl (C=O) groups excluding carboxylic acids is 1. The van der Waals surface area contributed by atoms with E-state index in [-0.39, 0.29) is 23.2 Å². The van der Waals surface area contributed by atoms with E-state index in [2.05, 4.69) is 15.5 Å². The normalized spacial score (nSPS) is 11.3. The number of aryl methyl sites for hydroxylation is 1. The number of thioether (sulfide) groups is 1. The molecule has 0 atom stereocenters. The molecule has 7 nitrogen and oxygen atoms in total. The summed E-state index contributed by atoms with van der Waals surface area (Å²) in [5, 5.41) is 10.3. The van der Waals surface area contributed by atoms with Gasteiger partial charge < -0.3 is 4.42 Å². The van der Waals surface area contributed by atoms with Gasteiger partial charge in [-0.25, -0.2) is 8.42 Å². The number of hydrogen-bond acceptors (Lipinski definition) is 7. The number of anilines is 1. The Hall–Kier alpha value is -2.65. The fourth-order valence-electron chi connectivity index (χ4n) is 2.38. The Kier molecular flexibility index (Phi) is 6.48. The van der Waals surface area contributed by atoms with Crippen molar-refractivity contribution in [3.8, 4) is 0 Å². The molecule has 1 amide bonds. The third-order valence-electron chi connectivity index (χ3n) is 3.76. The summed E-state index contributed by atoms with van der Waals surface area (Å²) in [6.45, 7) is 0. The first-order valence-electron chi connectivity index (χ1n) is 8.49. The van der Waals surface area contributed by atoms with Crippen molar-refractivity contribution in [1.82, 2.24) is 10.2 Å². The SMILES string of the molecule is CS(=O)(=O)c1ccc(CC(=O)Nc2nnc(CCSc3ccccc3)o2)cc1. The molecule has 1 heterocycles. The minimum absolute atomic E-state index is 0.0532. The minimum atomic E-state index is -3.25. The zero-order valence-corrected chi connectivity index (χ0v) is 16.8. The lowest BCUT2D eigenvalue weighted by molar-refractivity contribution is -0.115. The van der Waals surface area contributed by atoms with E-state index in [1.165, 1.54) is 12.1 Å². The molecule has 28 heavy (non-hydrogen) atoms. The fraction of sp³-hybridized carbons (Fsp3) is 0.211. The van der Waals surface area contributed by atoms with Crippen molar-refractivity contribution in [3.63, 3.8) is 0 Å². The van der Waals surface area contributed by atoms with Crippen LogP contribution in [0.25, 0.3) is 0 Å². The highest BCUT2D eigenvalue weighted by Crippen LogP contribution is 2.18. The van der Waals surface area contributed by atoms with Crippen molar-refractivity contribution in [2.45, 2.75) is 22.6 Å². The van der Waals surface area contributed by atoms with Crippen molar-refractivity contribution < 1.29 is 17.6 Å². The Bertz CT molecular complexity index is 1030. The maximum absolute atomic E-state index is 12.1. The van der Waals surface area contributed by atoms with Crippen LogP contribution in [0.1, 0.15) is 11.5 Å². The molecule has 0 aliphatic heterocycles. The van der Waals surface area contributed by atoms with E-state index in [4.69, 9.17) is 4.42 Å². The summed E-state index contributed by atoms with van der Waals surface area (Å²) in [6, 6.07) is 16.2. The number of rotatable bonds is 8. The molecule has 0 aliphatic carbocycles. The summed E-state index contributed by atoms with van der Waals surface area (Å²) >= 11 is 1.69. The van der Waals surface area contributed by atoms with Gasteiger partial charge in [-0.1, -0.05) is 35.4 Å². The molecule has 2 aromatic carbocycles. The van der Waals surface area contributed by atoms with Gasteiger partial charge in [-0.2, -0.15) is 0 Å². The summed E-state index contributed by atoms with van der Waals surface area (Å²) in [5.41, 5.74) is 0.684. The van der Waals surface area contributed by atoms with Crippen LogP contribution < -0.4 is 5.32 Å². The maximum atomic E-state index is 12.1. The third-order valence-corrected chi connectivity index (χ3v) is 5.90. The van der Waals surface area contributed by atoms with E-state index in [0.29, 0.717) is 17.9 Å². The van der Waals surface area contributed by atoms with Crippen molar-refractivity contribution in [2.75, 3.05) is 17.3 Å². The minimum Gasteiger partial charge on any atom is -0.408 e. The van der Waals surface area contributed by atoms with Crippen molar-refractivity contribution in [1.29, 1.82) is 0 Å². The summed E-state index contributed by atoms with van der Waals surface area (Å²) in [6.07, 6.45) is 1.81. The number of benzene rings is 2. The number of nitrogens with zero attached hydrogens (tertiary/aromatic N) is 2. The average Bonchev–Trinajstić information content (AvgIpc) is 3.09. The summed E-state index contributed by atoms with van der Waals surface area (Å²) in [5.74, 6) is 0.920. The standard InChI is InChI=1S/C19H19N3O4S2/c1-28(24,25)16-9-7-14(8-10-16)13-17(23)20-19-22-21-18(26-19)11-12-27-15-5-3-2-4-6-15/h2-10H,11-13H2,1H3,(H,20,22,23). The second kappa shape index (κ2) is 9.03. The van der Waals surface area contributed by atoms with Gasteiger partial charge >= 0.3 is 6.01 Å². The lowest BCUT2D eigenvalue weighted by atomic mass is 10.1. The number of amides is 1. The van der Waals surface area contributed by atoms with Gasteiger partial charge in [-0.3, -0.25) is 10.1 Å². The van der Waals surface area contributed by atoms with Crippen LogP contribution in [0.2, 0.25) is 0 Å². The quantitative estimate of drug-likeness (QED) is 0.562. The Morgan fingerprint density at radius 3 is 2.46 bits per heavy atom. The van der Waals surface area contributed by atoms with Crippen LogP contribution in [0.15, 0.2) is 68.8 Å². The lowest BCUT2D eigenvalue weighted by Crippen LogP contribution is -2.14. The highest BCUT2D eigenvalue weighted by molar-refractivity contribution is 7.99. The molecule has 0 unspecified atom stereocenters. The van der Waals surface area contributed by atoms with Crippen molar-refractivity contribution >= 4 is 33.5 Å². The highest BCUT2D eigenvalue weighted by atomic mass is 32.2. The fourth-order valence-corrected chi connectivity index (χ4v) is 3.87. The van der Waals surface area contributed by atoms with E-state index >= 15 is 0 Å². The largest absolute Gasteiger partial charge is 0.408 e. The third kappa shape index (κ3) is 5.93. The van der Waals surface area contributed by atoms with Gasteiger partial charge in [0.05, 0.1) is 11.3 Å². The number of aromatic nitrogens is 2. The van der Waals surface area contributed by atoms with E-state index in [0.717, 1.165) is 16.9 Å². The number of hydrogen-bond donors (Lipinski definition) is 1. The molecule has 0 fully saturated rings. The molecule has 146 valence electrons. The van der Waals surface area contributed by atoms with E-state index < -0.39 is 9.84 Å². The molecular weight excluding hydrogens is 398 g/mol. The van der Waals surface area contributed by atoms with Crippen LogP contribution in [0.5, 0.6) is 0 Å². The predicted octanol–water partition coefficient (Wildman–Crippen LogP) is 2.99. The smallest absolute Gasteiger partial charge is 0.322 e. The van der Waals surface area contributed by atoms with E-state index in [9.17, 15) is 13.2 Å². The number of nitrogens with one attached hydrogen (secondary N) is 1. The topological polar surface area (TPSA) is 102 Å². The number of sulfone groups is 1. The molecule has 0 saturated heterocycles. The van der Waals surface area contributed by atoms with Crippen LogP contribution in [-0.2, 0) is 27.5 Å². The Morgan fingerprint density at radius 2 is 1.79 bits per heavy atom. The van der Waals surface area contributed by atoms with Gasteiger partial charge in [0.2, 0.25) is 11.8 Å². The first-order chi connectivity index (χ1) is 13.4. The first-order valence-corrected chi connectivity index (χ1v) is 11.4. The zero-order chi connectivity index (χ0) is 20.0. The lowest BCUT2D eigenvalue weighted by Gasteiger charge is -2.03. The van der Waals surface area contributed by atoms with Crippen LogP contribution in [0, 0.1) is 0 Å². The maximum Gasteiger partial charge on any atom is 0.322 e. The predicted molar refractivity (Wildman–Crippen MR) is 107 cm³/mol. The Morgan fingerprint density at radius 1 is 1.07 bits per heavy atom. The Balaban J connectivity index is 1.48. The van der Waals surface area contributed by atoms with Gasteiger partial charge in [0.15, 0.2) is 9.84 Å². The molecule has 1 N–H and O–H groups in total. The molecule has 3 rings (SSSR count). The average molecular weight is 418 g/mol. The zero-order valence-electron chi connectivity index (χ0n) is 15.2. The summed E-state index contributed by atoms with van der Waals surface area (Å²) in [4.78, 5) is 13.5. The Labute approximate surface area is 167 Å². The van der Waals surface area contributed by atoms with Crippen LogP contribution in [0.3, 0.4) is 0 Å². The second-order valence-electron chi connectivity index (χ2n) is 6.05. The molecule has 0 saturated carbocycles. The molecule has 3 aromatic rings. The first kappa shape index (κ1) is 20.1. The molecule has 1 aromatic heterocycles. The summed E-state index contributed by atoms with van der Waals surface area (Å²) < 4.78 is 28.4. The van der Waals surface area contributed by atoms with Crippen LogP contribution >= 0.6 is 11.8 Å². The highest BCUT2D eigenvalue weighted by Gasteiger charge is 2.12. The molecular formula is C19H19N3O4S2. The summed E-state index contributed by atoms with van der Waals surface area (Å²) in [7, 11) is -3.25. The second-order valence-corrected chi connectivity index (χ2v) is 9.24. The number of carbonyl (C=O) groups is 1. The molecule has 0 radical (unpaired) electrons. The van der Waals surface area contributed by atoms with E-state index in [1.807, 2.05) is 30.3 Å². The molecule has 0 aliphatic rings. The molecule has 0 spiro atoms. The van der Waals surface area contributed by atoms with E-state index in [1.54, 1.807) is 23.9 Å². The van der Waals surface area contributed by atoms with Gasteiger partial charge in [0.25, 0.3) is 0 Å². The van der Waals surface area contributed by atoms with Crippen molar-refractivity contribution in [3.05, 3.63) is 66.1 Å². The van der Waals surface area contributed by atoms with Gasteiger partial charge in [0.1, 0.15) is 0 Å². The van der Waals surface area contributed by atoms with Crippen LogP contribution in [-0.4, -0.2) is 36.5 Å². The monoisotopic (exact) mass is 417 g/mol. The van der Waals surface area contributed by atoms with Gasteiger partial charge in [0, 0.05) is 23.3 Å². The molecule has 0 bridgehead atoms.